The van der Waals surface area contributed by atoms with Crippen molar-refractivity contribution >= 4 is 64.4 Å². The molecule has 0 unspecified atom stereocenters. The first-order chi connectivity index (χ1) is 36.7. The van der Waals surface area contributed by atoms with Crippen LogP contribution < -0.4 is 4.90 Å². The zero-order valence-electron chi connectivity index (χ0n) is 41.0. The van der Waals surface area contributed by atoms with Crippen LogP contribution in [0.25, 0.3) is 0 Å². The Kier molecular flexibility index (Phi) is 15.5. The van der Waals surface area contributed by atoms with Gasteiger partial charge in [0.15, 0.2) is 26.3 Å². The number of sulfonamides is 3. The Labute approximate surface area is 442 Å². The van der Waals surface area contributed by atoms with Crippen LogP contribution in [0.5, 0.6) is 0 Å². The molecule has 23 nitrogen and oxygen atoms in total. The van der Waals surface area contributed by atoms with Gasteiger partial charge in [0.05, 0.1) is 39.2 Å². The van der Waals surface area contributed by atoms with E-state index in [1.54, 1.807) is 48.5 Å². The number of para-hydroxylation sites is 3. The summed E-state index contributed by atoms with van der Waals surface area (Å²) in [7, 11) is -14.3. The Bertz CT molecular complexity index is 3710. The molecule has 0 N–H and O–H groups in total. The lowest BCUT2D eigenvalue weighted by atomic mass is 9.83. The van der Waals surface area contributed by atoms with E-state index >= 15 is 0 Å². The van der Waals surface area contributed by atoms with Gasteiger partial charge in [0, 0.05) is 105 Å². The Morgan fingerprint density at radius 1 is 0.442 bits per heavy atom. The van der Waals surface area contributed by atoms with E-state index in [9.17, 15) is 65.2 Å². The molecule has 3 heterocycles. The summed E-state index contributed by atoms with van der Waals surface area (Å²) in [5.74, 6) is -0.475. The number of carbonyl (C=O) groups excluding carboxylic acids is 2. The number of anilines is 1. The maximum atomic E-state index is 14.8. The number of carbonyl (C=O) groups is 2. The normalized spacial score (nSPS) is 16.9. The number of nitro benzene ring substituents is 3. The summed E-state index contributed by atoms with van der Waals surface area (Å²) in [5.41, 5.74) is 0.655. The average Bonchev–Trinajstić information content (AvgIpc) is 3.43. The molecule has 0 atom stereocenters. The van der Waals surface area contributed by atoms with Gasteiger partial charge in [-0.05, 0) is 67.3 Å². The number of aromatic nitrogens is 1. The second-order valence-corrected chi connectivity index (χ2v) is 24.2. The van der Waals surface area contributed by atoms with Crippen LogP contribution in [-0.2, 0) is 49.7 Å². The minimum absolute atomic E-state index is 0.0303. The predicted molar refractivity (Wildman–Crippen MR) is 279 cm³/mol. The Hall–Kier alpha value is -7.72. The van der Waals surface area contributed by atoms with Gasteiger partial charge in [-0.25, -0.2) is 25.3 Å². The molecule has 9 rings (SSSR count). The third-order valence-corrected chi connectivity index (χ3v) is 19.4. The van der Waals surface area contributed by atoms with E-state index in [0.29, 0.717) is 60.7 Å². The number of pyridine rings is 1. The van der Waals surface area contributed by atoms with Gasteiger partial charge in [-0.15, -0.1) is 0 Å². The van der Waals surface area contributed by atoms with E-state index in [1.807, 2.05) is 11.0 Å². The topological polar surface area (TPSA) is 295 Å². The minimum Gasteiger partial charge on any atom is -0.369 e. The second-order valence-electron chi connectivity index (χ2n) is 18.5. The number of ketones is 2. The number of fused-ring (bicyclic) bond motifs is 4. The molecule has 1 fully saturated rings. The lowest BCUT2D eigenvalue weighted by molar-refractivity contribution is -0.388. The Morgan fingerprint density at radius 3 is 1.31 bits per heavy atom. The highest BCUT2D eigenvalue weighted by Crippen LogP contribution is 2.34. The highest BCUT2D eigenvalue weighted by Gasteiger charge is 2.37. The number of hydrogen-bond donors (Lipinski definition) is 0. The molecule has 5 aromatic carbocycles. The fourth-order valence-corrected chi connectivity index (χ4v) is 14.7. The minimum atomic E-state index is -4.82. The molecule has 0 spiro atoms. The van der Waals surface area contributed by atoms with E-state index in [4.69, 9.17) is 4.98 Å². The van der Waals surface area contributed by atoms with Gasteiger partial charge in [-0.3, -0.25) is 49.8 Å². The van der Waals surface area contributed by atoms with Crippen LogP contribution in [0.3, 0.4) is 0 Å². The average molecular weight is 1110 g/mol. The van der Waals surface area contributed by atoms with E-state index in [-0.39, 0.29) is 55.3 Å². The summed E-state index contributed by atoms with van der Waals surface area (Å²) in [6.45, 7) is -0.416. The smallest absolute Gasteiger partial charge is 0.289 e. The molecule has 1 aromatic heterocycles. The molecule has 0 radical (unpaired) electrons. The zero-order valence-corrected chi connectivity index (χ0v) is 43.4. The summed E-state index contributed by atoms with van der Waals surface area (Å²) < 4.78 is 90.6. The van der Waals surface area contributed by atoms with Gasteiger partial charge in [-0.1, -0.05) is 66.7 Å². The highest BCUT2D eigenvalue weighted by molar-refractivity contribution is 7.89. The van der Waals surface area contributed by atoms with Crippen molar-refractivity contribution in [1.82, 2.24) is 22.8 Å². The zero-order chi connectivity index (χ0) is 54.8. The van der Waals surface area contributed by atoms with Gasteiger partial charge < -0.3 is 4.90 Å². The first kappa shape index (κ1) is 54.1. The second kappa shape index (κ2) is 22.1. The standard InChI is InChI=1S/C51H49N9O14S3/c61-50-40-12-1-2-13-41(40)51(62)43-30-36(20-21-42(43)50)33-53-26-28-54(29-27-53)39-31-37-34-56(76(71,72)48-18-7-4-15-45(48)59(65)66)23-10-9-22-55(75(69,70)47-17-6-3-14-44(47)58(63)64)24-11-25-57(35-38(32-39)52-37)77(73,74)49-19-8-5-16-46(49)60(67)68/h1-8,12-21,30-32H,9-11,22-29,33-35H2. The van der Waals surface area contributed by atoms with E-state index in [1.165, 1.54) is 36.4 Å². The predicted octanol–water partition coefficient (Wildman–Crippen LogP) is 6.16. The molecule has 3 aliphatic rings. The monoisotopic (exact) mass is 1110 g/mol. The van der Waals surface area contributed by atoms with Crippen molar-refractivity contribution in [2.24, 2.45) is 0 Å². The molecule has 1 saturated heterocycles. The van der Waals surface area contributed by atoms with Crippen LogP contribution in [0.4, 0.5) is 22.7 Å². The number of hydrogen-bond acceptors (Lipinski definition) is 17. The third kappa shape index (κ3) is 11.1. The van der Waals surface area contributed by atoms with Crippen LogP contribution in [-0.4, -0.2) is 127 Å². The maximum Gasteiger partial charge on any atom is 0.289 e. The van der Waals surface area contributed by atoms with Crippen molar-refractivity contribution in [2.75, 3.05) is 57.3 Å². The number of nitro groups is 3. The van der Waals surface area contributed by atoms with Crippen molar-refractivity contribution < 1.29 is 49.6 Å². The molecule has 2 bridgehead atoms. The summed E-state index contributed by atoms with van der Waals surface area (Å²) in [6, 6.07) is 29.3. The number of rotatable bonds is 12. The molecule has 77 heavy (non-hydrogen) atoms. The van der Waals surface area contributed by atoms with Crippen molar-refractivity contribution in [3.63, 3.8) is 0 Å². The molecule has 0 amide bonds. The fraction of sp³-hybridized carbons (Fsp3) is 0.275. The van der Waals surface area contributed by atoms with Gasteiger partial charge in [0.2, 0.25) is 30.1 Å². The molecule has 6 aromatic rings. The molecule has 0 saturated carbocycles. The van der Waals surface area contributed by atoms with Crippen LogP contribution in [0.1, 0.15) is 68.1 Å². The molecular weight excluding hydrogens is 1060 g/mol. The van der Waals surface area contributed by atoms with Gasteiger partial charge in [-0.2, -0.15) is 12.9 Å². The number of benzene rings is 5. The lowest BCUT2D eigenvalue weighted by Gasteiger charge is -2.36. The highest BCUT2D eigenvalue weighted by atomic mass is 32.2. The first-order valence-electron chi connectivity index (χ1n) is 24.2. The fourth-order valence-electron chi connectivity index (χ4n) is 9.82. The lowest BCUT2D eigenvalue weighted by Crippen LogP contribution is -2.46. The number of piperazine rings is 1. The molecular formula is C51H49N9O14S3. The summed E-state index contributed by atoms with van der Waals surface area (Å²) >= 11 is 0. The Balaban J connectivity index is 1.08. The van der Waals surface area contributed by atoms with Crippen molar-refractivity contribution in [3.05, 3.63) is 197 Å². The van der Waals surface area contributed by atoms with Crippen molar-refractivity contribution in [2.45, 2.75) is 53.6 Å². The van der Waals surface area contributed by atoms with Gasteiger partial charge in [0.25, 0.3) is 17.1 Å². The molecule has 26 heteroatoms. The largest absolute Gasteiger partial charge is 0.369 e. The van der Waals surface area contributed by atoms with Gasteiger partial charge >= 0.3 is 0 Å². The van der Waals surface area contributed by atoms with Crippen molar-refractivity contribution in [3.8, 4) is 0 Å². The van der Waals surface area contributed by atoms with E-state index in [0.717, 1.165) is 54.9 Å². The van der Waals surface area contributed by atoms with Crippen LogP contribution in [0, 0.1) is 30.3 Å². The van der Waals surface area contributed by atoms with Crippen molar-refractivity contribution in [1.29, 1.82) is 0 Å². The molecule has 1 aliphatic carbocycles. The van der Waals surface area contributed by atoms with E-state index in [2.05, 4.69) is 4.90 Å². The molecule has 400 valence electrons. The summed E-state index contributed by atoms with van der Waals surface area (Å²) in [6.07, 6.45) is -0.302. The van der Waals surface area contributed by atoms with Crippen LogP contribution in [0.15, 0.2) is 142 Å². The van der Waals surface area contributed by atoms with Crippen LogP contribution >= 0.6 is 0 Å². The van der Waals surface area contributed by atoms with Gasteiger partial charge in [0.1, 0.15) is 0 Å². The maximum absolute atomic E-state index is 14.8. The van der Waals surface area contributed by atoms with E-state index < -0.39 is 103 Å². The van der Waals surface area contributed by atoms with Crippen LogP contribution in [0.2, 0.25) is 0 Å². The third-order valence-electron chi connectivity index (χ3n) is 13.6. The number of nitrogens with zero attached hydrogens (tertiary/aromatic N) is 9. The summed E-state index contributed by atoms with van der Waals surface area (Å²) in [4.78, 5) is 67.8. The Morgan fingerprint density at radius 2 is 0.831 bits per heavy atom. The SMILES string of the molecule is O=C1c2ccccc2C(=O)c2cc(CN3CCN(c4cc5nc(c4)CN(S(=O)(=O)c4ccccc4[N+](=O)[O-])CCCN(S(=O)(=O)c4ccccc4[N+](=O)[O-])CCCCN(S(=O)(=O)c4ccccc4[N+](=O)[O-])C5)CC3)ccc21. The molecule has 2 aliphatic heterocycles. The first-order valence-corrected chi connectivity index (χ1v) is 28.6. The summed E-state index contributed by atoms with van der Waals surface area (Å²) in [5, 5.41) is 36.6. The quantitative estimate of drug-likeness (QED) is 0.0977.